The lowest BCUT2D eigenvalue weighted by atomic mass is 10.1. The van der Waals surface area contributed by atoms with Crippen molar-refractivity contribution in [3.05, 3.63) is 29.8 Å². The van der Waals surface area contributed by atoms with Crippen molar-refractivity contribution >= 4 is 0 Å². The van der Waals surface area contributed by atoms with E-state index >= 15 is 0 Å². The number of ether oxygens (including phenoxy) is 1. The van der Waals surface area contributed by atoms with Gasteiger partial charge in [0.25, 0.3) is 0 Å². The second kappa shape index (κ2) is 7.33. The summed E-state index contributed by atoms with van der Waals surface area (Å²) < 4.78 is 5.65. The minimum Gasteiger partial charge on any atom is -0.494 e. The molecule has 1 aromatic carbocycles. The van der Waals surface area contributed by atoms with Gasteiger partial charge in [-0.25, -0.2) is 0 Å². The van der Waals surface area contributed by atoms with Crippen LogP contribution in [0.25, 0.3) is 0 Å². The molecule has 0 spiro atoms. The molecule has 0 heterocycles. The van der Waals surface area contributed by atoms with Crippen LogP contribution in [0.2, 0.25) is 0 Å². The Morgan fingerprint density at radius 2 is 1.71 bits per heavy atom. The van der Waals surface area contributed by atoms with E-state index in [9.17, 15) is 5.11 Å². The predicted octanol–water partition coefficient (Wildman–Crippen LogP) is 3.42. The minimum atomic E-state index is -0.225. The topological polar surface area (TPSA) is 29.5 Å². The van der Waals surface area contributed by atoms with Crippen LogP contribution in [0.4, 0.5) is 0 Å². The molecule has 1 aromatic rings. The highest BCUT2D eigenvalue weighted by molar-refractivity contribution is 5.27. The summed E-state index contributed by atoms with van der Waals surface area (Å²) in [6.07, 6.45) is 2.60. The zero-order valence-corrected chi connectivity index (χ0v) is 11.1. The second-order valence-electron chi connectivity index (χ2n) is 5.06. The lowest BCUT2D eigenvalue weighted by Crippen LogP contribution is -2.02. The Morgan fingerprint density at radius 1 is 1.06 bits per heavy atom. The molecule has 17 heavy (non-hydrogen) atoms. The number of hydrogen-bond donors (Lipinski definition) is 1. The summed E-state index contributed by atoms with van der Waals surface area (Å²) in [5.74, 6) is 1.62. The van der Waals surface area contributed by atoms with Gasteiger partial charge in [-0.1, -0.05) is 26.0 Å². The van der Waals surface area contributed by atoms with Crippen LogP contribution in [0.5, 0.6) is 5.75 Å². The third kappa shape index (κ3) is 6.32. The average molecular weight is 236 g/mol. The van der Waals surface area contributed by atoms with Crippen LogP contribution in [-0.4, -0.2) is 17.8 Å². The number of benzene rings is 1. The Labute approximate surface area is 105 Å². The van der Waals surface area contributed by atoms with E-state index < -0.39 is 0 Å². The average Bonchev–Trinajstić information content (AvgIpc) is 2.27. The summed E-state index contributed by atoms with van der Waals surface area (Å²) in [5, 5.41) is 9.21. The Balaban J connectivity index is 2.34. The first-order chi connectivity index (χ1) is 8.08. The van der Waals surface area contributed by atoms with Gasteiger partial charge in [0.1, 0.15) is 5.75 Å². The molecular formula is C15H24O2. The lowest BCUT2D eigenvalue weighted by molar-refractivity contribution is 0.185. The molecule has 0 aliphatic rings. The summed E-state index contributed by atoms with van der Waals surface area (Å²) in [4.78, 5) is 0. The summed E-state index contributed by atoms with van der Waals surface area (Å²) in [6.45, 7) is 7.00. The third-order valence-corrected chi connectivity index (χ3v) is 2.74. The maximum atomic E-state index is 9.21. The van der Waals surface area contributed by atoms with E-state index in [2.05, 4.69) is 26.0 Å². The van der Waals surface area contributed by atoms with E-state index in [1.807, 2.05) is 19.1 Å². The standard InChI is InChI=1S/C15H24O2/c1-12(2)10-11-17-15-8-6-14(7-9-15)5-4-13(3)16/h6-9,12-13,16H,4-5,10-11H2,1-3H3. The van der Waals surface area contributed by atoms with E-state index in [1.54, 1.807) is 0 Å². The molecule has 2 heteroatoms. The quantitative estimate of drug-likeness (QED) is 0.786. The molecule has 2 nitrogen and oxygen atoms in total. The van der Waals surface area contributed by atoms with Crippen molar-refractivity contribution in [1.29, 1.82) is 0 Å². The largest absolute Gasteiger partial charge is 0.494 e. The molecule has 0 saturated carbocycles. The Morgan fingerprint density at radius 3 is 2.24 bits per heavy atom. The first-order valence-electron chi connectivity index (χ1n) is 6.47. The van der Waals surface area contributed by atoms with E-state index in [0.29, 0.717) is 5.92 Å². The van der Waals surface area contributed by atoms with Crippen LogP contribution >= 0.6 is 0 Å². The van der Waals surface area contributed by atoms with Gasteiger partial charge in [0, 0.05) is 0 Å². The van der Waals surface area contributed by atoms with Crippen LogP contribution < -0.4 is 4.74 Å². The van der Waals surface area contributed by atoms with Gasteiger partial charge >= 0.3 is 0 Å². The van der Waals surface area contributed by atoms with Crippen LogP contribution in [0.3, 0.4) is 0 Å². The van der Waals surface area contributed by atoms with Gasteiger partial charge in [-0.15, -0.1) is 0 Å². The molecule has 0 radical (unpaired) electrons. The van der Waals surface area contributed by atoms with Crippen LogP contribution in [0.1, 0.15) is 39.2 Å². The normalized spacial score (nSPS) is 12.8. The van der Waals surface area contributed by atoms with Crippen molar-refractivity contribution in [2.24, 2.45) is 5.92 Å². The Kier molecular flexibility index (Phi) is 6.06. The summed E-state index contributed by atoms with van der Waals surface area (Å²) in [7, 11) is 0. The number of aliphatic hydroxyl groups excluding tert-OH is 1. The van der Waals surface area contributed by atoms with Crippen molar-refractivity contribution in [3.63, 3.8) is 0 Å². The fourth-order valence-electron chi connectivity index (χ4n) is 1.54. The number of aliphatic hydroxyl groups is 1. The van der Waals surface area contributed by atoms with Crippen LogP contribution in [0.15, 0.2) is 24.3 Å². The second-order valence-corrected chi connectivity index (χ2v) is 5.06. The third-order valence-electron chi connectivity index (χ3n) is 2.74. The van der Waals surface area contributed by atoms with Gasteiger partial charge < -0.3 is 9.84 Å². The SMILES string of the molecule is CC(C)CCOc1ccc(CCC(C)O)cc1. The molecule has 1 N–H and O–H groups in total. The zero-order valence-electron chi connectivity index (χ0n) is 11.1. The molecule has 0 saturated heterocycles. The summed E-state index contributed by atoms with van der Waals surface area (Å²) in [6, 6.07) is 8.18. The lowest BCUT2D eigenvalue weighted by Gasteiger charge is -2.09. The first kappa shape index (κ1) is 14.0. The van der Waals surface area contributed by atoms with Gasteiger partial charge in [-0.3, -0.25) is 0 Å². The molecule has 1 atom stereocenters. The summed E-state index contributed by atoms with van der Waals surface area (Å²) >= 11 is 0. The van der Waals surface area contributed by atoms with Crippen molar-refractivity contribution in [2.75, 3.05) is 6.61 Å². The molecule has 0 aromatic heterocycles. The summed E-state index contributed by atoms with van der Waals surface area (Å²) in [5.41, 5.74) is 1.25. The highest BCUT2D eigenvalue weighted by atomic mass is 16.5. The molecule has 0 bridgehead atoms. The van der Waals surface area contributed by atoms with E-state index in [0.717, 1.165) is 31.6 Å². The van der Waals surface area contributed by atoms with Crippen molar-refractivity contribution in [3.8, 4) is 5.75 Å². The minimum absolute atomic E-state index is 0.225. The molecule has 0 amide bonds. The highest BCUT2D eigenvalue weighted by Crippen LogP contribution is 2.14. The highest BCUT2D eigenvalue weighted by Gasteiger charge is 2.00. The monoisotopic (exact) mass is 236 g/mol. The maximum Gasteiger partial charge on any atom is 0.119 e. The maximum absolute atomic E-state index is 9.21. The fourth-order valence-corrected chi connectivity index (χ4v) is 1.54. The first-order valence-corrected chi connectivity index (χ1v) is 6.47. The molecule has 1 unspecified atom stereocenters. The molecule has 0 aliphatic heterocycles. The van der Waals surface area contributed by atoms with Crippen molar-refractivity contribution in [1.82, 2.24) is 0 Å². The van der Waals surface area contributed by atoms with Crippen molar-refractivity contribution < 1.29 is 9.84 Å². The van der Waals surface area contributed by atoms with E-state index in [1.165, 1.54) is 5.56 Å². The van der Waals surface area contributed by atoms with E-state index in [4.69, 9.17) is 4.74 Å². The number of hydrogen-bond acceptors (Lipinski definition) is 2. The molecule has 0 aliphatic carbocycles. The van der Waals surface area contributed by atoms with E-state index in [-0.39, 0.29) is 6.10 Å². The van der Waals surface area contributed by atoms with Gasteiger partial charge in [-0.2, -0.15) is 0 Å². The smallest absolute Gasteiger partial charge is 0.119 e. The number of rotatable bonds is 7. The molecule has 0 fully saturated rings. The van der Waals surface area contributed by atoms with Gasteiger partial charge in [-0.05, 0) is 49.8 Å². The zero-order chi connectivity index (χ0) is 12.7. The van der Waals surface area contributed by atoms with Crippen LogP contribution in [0, 0.1) is 5.92 Å². The van der Waals surface area contributed by atoms with Gasteiger partial charge in [0.2, 0.25) is 0 Å². The Hall–Kier alpha value is -1.02. The van der Waals surface area contributed by atoms with Crippen molar-refractivity contribution in [2.45, 2.75) is 46.1 Å². The van der Waals surface area contributed by atoms with Crippen LogP contribution in [-0.2, 0) is 6.42 Å². The predicted molar refractivity (Wildman–Crippen MR) is 71.4 cm³/mol. The molecule has 96 valence electrons. The fraction of sp³-hybridized carbons (Fsp3) is 0.600. The van der Waals surface area contributed by atoms with Gasteiger partial charge in [0.05, 0.1) is 12.7 Å². The molecule has 1 rings (SSSR count). The van der Waals surface area contributed by atoms with Gasteiger partial charge in [0.15, 0.2) is 0 Å². The Bertz CT molecular complexity index is 301. The molecular weight excluding hydrogens is 212 g/mol. The number of aryl methyl sites for hydroxylation is 1.